The molecule has 1 aromatic heterocycles. The Hall–Kier alpha value is -4.37. The van der Waals surface area contributed by atoms with E-state index < -0.39 is 17.4 Å². The highest BCUT2D eigenvalue weighted by Gasteiger charge is 2.35. The van der Waals surface area contributed by atoms with Gasteiger partial charge in [0, 0.05) is 21.9 Å². The average molecular weight is 484 g/mol. The first-order valence-electron chi connectivity index (χ1n) is 11.0. The van der Waals surface area contributed by atoms with Crippen LogP contribution in [0.1, 0.15) is 17.9 Å². The number of aromatic nitrogens is 2. The molecule has 3 aromatic carbocycles. The van der Waals surface area contributed by atoms with Crippen molar-refractivity contribution in [3.63, 3.8) is 0 Å². The number of carbonyl (C=O) groups is 2. The lowest BCUT2D eigenvalue weighted by atomic mass is 9.92. The van der Waals surface area contributed by atoms with Crippen LogP contribution in [0.2, 0.25) is 0 Å². The van der Waals surface area contributed by atoms with Gasteiger partial charge in [-0.25, -0.2) is 0 Å². The van der Waals surface area contributed by atoms with E-state index in [1.165, 1.54) is 11.8 Å². The number of hydrogen-bond donors (Lipinski definition) is 4. The van der Waals surface area contributed by atoms with E-state index >= 15 is 0 Å². The van der Waals surface area contributed by atoms with Gasteiger partial charge in [-0.05, 0) is 36.4 Å². The SMILES string of the molecule is O=C1C[C@H](C(=O)Nc2ccccc2Sc2ccccc2)c2c(nc(Nc3ccccc3)[nH]c2=O)N1. The van der Waals surface area contributed by atoms with Crippen LogP contribution < -0.4 is 21.5 Å². The summed E-state index contributed by atoms with van der Waals surface area (Å²) < 4.78 is 0. The topological polar surface area (TPSA) is 116 Å². The molecule has 0 saturated carbocycles. The normalized spacial score (nSPS) is 14.5. The van der Waals surface area contributed by atoms with Crippen molar-refractivity contribution in [3.05, 3.63) is 101 Å². The molecule has 2 amide bonds. The standard InChI is InChI=1S/C26H21N5O3S/c32-21-15-18(22-23(29-21)30-26(31-25(22)34)27-16-9-3-1-4-10-16)24(33)28-19-13-7-8-14-20(19)35-17-11-5-2-6-12-17/h1-14,18H,15H2,(H,28,33)(H3,27,29,30,31,32,34)/t18-/m0/s1. The number of hydrogen-bond acceptors (Lipinski definition) is 6. The molecule has 0 bridgehead atoms. The second kappa shape index (κ2) is 9.86. The van der Waals surface area contributed by atoms with Gasteiger partial charge >= 0.3 is 0 Å². The molecule has 4 aromatic rings. The van der Waals surface area contributed by atoms with Crippen molar-refractivity contribution >= 4 is 46.7 Å². The molecule has 35 heavy (non-hydrogen) atoms. The largest absolute Gasteiger partial charge is 0.326 e. The number of para-hydroxylation sites is 2. The van der Waals surface area contributed by atoms with Gasteiger partial charge in [-0.2, -0.15) is 4.98 Å². The molecule has 4 N–H and O–H groups in total. The van der Waals surface area contributed by atoms with Crippen molar-refractivity contribution in [1.82, 2.24) is 9.97 Å². The molecule has 0 radical (unpaired) electrons. The van der Waals surface area contributed by atoms with E-state index in [1.807, 2.05) is 78.9 Å². The molecule has 8 nitrogen and oxygen atoms in total. The third-order valence-corrected chi connectivity index (χ3v) is 6.50. The van der Waals surface area contributed by atoms with E-state index in [1.54, 1.807) is 6.07 Å². The molecule has 0 unspecified atom stereocenters. The summed E-state index contributed by atoms with van der Waals surface area (Å²) in [6.07, 6.45) is -0.150. The van der Waals surface area contributed by atoms with E-state index in [-0.39, 0.29) is 29.7 Å². The van der Waals surface area contributed by atoms with Crippen LogP contribution in [0.3, 0.4) is 0 Å². The van der Waals surface area contributed by atoms with Crippen molar-refractivity contribution in [2.45, 2.75) is 22.1 Å². The maximum absolute atomic E-state index is 13.3. The summed E-state index contributed by atoms with van der Waals surface area (Å²) in [5.74, 6) is -1.55. The van der Waals surface area contributed by atoms with Crippen molar-refractivity contribution < 1.29 is 9.59 Å². The molecular formula is C26H21N5O3S. The summed E-state index contributed by atoms with van der Waals surface area (Å²) in [6, 6.07) is 26.4. The van der Waals surface area contributed by atoms with E-state index in [0.29, 0.717) is 5.69 Å². The van der Waals surface area contributed by atoms with Crippen LogP contribution in [-0.2, 0) is 9.59 Å². The first kappa shape index (κ1) is 22.4. The van der Waals surface area contributed by atoms with E-state index in [4.69, 9.17) is 0 Å². The first-order valence-corrected chi connectivity index (χ1v) is 11.8. The minimum absolute atomic E-state index is 0.0792. The maximum atomic E-state index is 13.3. The smallest absolute Gasteiger partial charge is 0.258 e. The summed E-state index contributed by atoms with van der Waals surface area (Å²) in [5, 5.41) is 8.54. The lowest BCUT2D eigenvalue weighted by molar-refractivity contribution is -0.123. The molecule has 174 valence electrons. The van der Waals surface area contributed by atoms with Gasteiger partial charge in [0.25, 0.3) is 5.56 Å². The molecule has 1 aliphatic heterocycles. The van der Waals surface area contributed by atoms with Crippen molar-refractivity contribution in [3.8, 4) is 0 Å². The fraction of sp³-hybridized carbons (Fsp3) is 0.0769. The fourth-order valence-corrected chi connectivity index (χ4v) is 4.73. The minimum Gasteiger partial charge on any atom is -0.326 e. The van der Waals surface area contributed by atoms with Crippen molar-refractivity contribution in [1.29, 1.82) is 0 Å². The molecule has 0 spiro atoms. The molecule has 1 aliphatic rings. The summed E-state index contributed by atoms with van der Waals surface area (Å²) in [7, 11) is 0. The number of aromatic amines is 1. The van der Waals surface area contributed by atoms with Gasteiger partial charge in [0.15, 0.2) is 0 Å². The van der Waals surface area contributed by atoms with E-state index in [2.05, 4.69) is 25.9 Å². The quantitative estimate of drug-likeness (QED) is 0.315. The number of amides is 2. The Bertz CT molecular complexity index is 1440. The van der Waals surface area contributed by atoms with Gasteiger partial charge in [-0.15, -0.1) is 0 Å². The third kappa shape index (κ3) is 5.10. The number of H-pyrrole nitrogens is 1. The van der Waals surface area contributed by atoms with Crippen LogP contribution in [0.4, 0.5) is 23.1 Å². The van der Waals surface area contributed by atoms with Crippen LogP contribution in [0.15, 0.2) is 99.5 Å². The zero-order valence-corrected chi connectivity index (χ0v) is 19.3. The number of nitrogens with one attached hydrogen (secondary N) is 4. The molecule has 5 rings (SSSR count). The zero-order valence-electron chi connectivity index (χ0n) is 18.4. The Labute approximate surface area is 205 Å². The number of benzene rings is 3. The molecular weight excluding hydrogens is 462 g/mol. The van der Waals surface area contributed by atoms with Crippen LogP contribution in [0, 0.1) is 0 Å². The second-order valence-electron chi connectivity index (χ2n) is 7.87. The fourth-order valence-electron chi connectivity index (χ4n) is 3.81. The number of rotatable bonds is 6. The van der Waals surface area contributed by atoms with Gasteiger partial charge < -0.3 is 16.0 Å². The number of nitrogens with zero attached hydrogens (tertiary/aromatic N) is 1. The lowest BCUT2D eigenvalue weighted by Gasteiger charge is -2.24. The van der Waals surface area contributed by atoms with Crippen LogP contribution >= 0.6 is 11.8 Å². The van der Waals surface area contributed by atoms with Gasteiger partial charge in [0.1, 0.15) is 5.82 Å². The first-order chi connectivity index (χ1) is 17.1. The summed E-state index contributed by atoms with van der Waals surface area (Å²) in [5.41, 5.74) is 0.972. The number of anilines is 4. The molecule has 0 aliphatic carbocycles. The Morgan fingerprint density at radius 2 is 1.60 bits per heavy atom. The van der Waals surface area contributed by atoms with Crippen molar-refractivity contribution in [2.75, 3.05) is 16.0 Å². The highest BCUT2D eigenvalue weighted by Crippen LogP contribution is 2.35. The van der Waals surface area contributed by atoms with Crippen LogP contribution in [0.25, 0.3) is 0 Å². The van der Waals surface area contributed by atoms with Gasteiger partial charge in [0.05, 0.1) is 17.2 Å². The molecule has 2 heterocycles. The Balaban J connectivity index is 1.41. The third-order valence-electron chi connectivity index (χ3n) is 5.42. The maximum Gasteiger partial charge on any atom is 0.258 e. The summed E-state index contributed by atoms with van der Waals surface area (Å²) >= 11 is 1.51. The predicted molar refractivity (Wildman–Crippen MR) is 136 cm³/mol. The van der Waals surface area contributed by atoms with Crippen LogP contribution in [0.5, 0.6) is 0 Å². The lowest BCUT2D eigenvalue weighted by Crippen LogP contribution is -2.36. The molecule has 0 saturated heterocycles. The number of fused-ring (bicyclic) bond motifs is 1. The summed E-state index contributed by atoms with van der Waals surface area (Å²) in [4.78, 5) is 47.6. The van der Waals surface area contributed by atoms with Gasteiger partial charge in [-0.3, -0.25) is 19.4 Å². The Morgan fingerprint density at radius 1 is 0.914 bits per heavy atom. The van der Waals surface area contributed by atoms with Crippen LogP contribution in [-0.4, -0.2) is 21.8 Å². The van der Waals surface area contributed by atoms with E-state index in [0.717, 1.165) is 15.5 Å². The monoisotopic (exact) mass is 483 g/mol. The Kier molecular flexibility index (Phi) is 6.32. The molecule has 0 fully saturated rings. The highest BCUT2D eigenvalue weighted by molar-refractivity contribution is 7.99. The minimum atomic E-state index is -0.976. The zero-order chi connectivity index (χ0) is 24.2. The molecule has 1 atom stereocenters. The van der Waals surface area contributed by atoms with Gasteiger partial charge in [0.2, 0.25) is 17.8 Å². The average Bonchev–Trinajstić information content (AvgIpc) is 2.86. The van der Waals surface area contributed by atoms with Crippen molar-refractivity contribution in [2.24, 2.45) is 0 Å². The number of carbonyl (C=O) groups excluding carboxylic acids is 2. The van der Waals surface area contributed by atoms with E-state index in [9.17, 15) is 14.4 Å². The Morgan fingerprint density at radius 3 is 2.37 bits per heavy atom. The van der Waals surface area contributed by atoms with Gasteiger partial charge in [-0.1, -0.05) is 60.3 Å². The molecule has 9 heteroatoms. The second-order valence-corrected chi connectivity index (χ2v) is 8.99. The summed E-state index contributed by atoms with van der Waals surface area (Å²) in [6.45, 7) is 0. The predicted octanol–water partition coefficient (Wildman–Crippen LogP) is 4.73. The highest BCUT2D eigenvalue weighted by atomic mass is 32.2.